The van der Waals surface area contributed by atoms with Gasteiger partial charge in [-0.3, -0.25) is 0 Å². The molecule has 0 aliphatic carbocycles. The third kappa shape index (κ3) is 2.20. The minimum Gasteiger partial charge on any atom is -0.397 e. The van der Waals surface area contributed by atoms with Crippen LogP contribution in [0.25, 0.3) is 0 Å². The summed E-state index contributed by atoms with van der Waals surface area (Å²) in [5.74, 6) is 0. The van der Waals surface area contributed by atoms with E-state index in [0.717, 1.165) is 18.7 Å². The summed E-state index contributed by atoms with van der Waals surface area (Å²) in [6.07, 6.45) is 1.23. The molecule has 0 bridgehead atoms. The molecule has 2 unspecified atom stereocenters. The van der Waals surface area contributed by atoms with E-state index in [2.05, 4.69) is 17.9 Å². The molecule has 1 aromatic rings. The lowest BCUT2D eigenvalue weighted by Crippen LogP contribution is -2.37. The standard InChI is InChI=1S/C13H17N3O/c1-9-12(5-6-17-9)16(2)13-4-3-10(8-14)7-11(13)15/h3-4,7,9,12H,5-6,15H2,1-2H3. The van der Waals surface area contributed by atoms with Gasteiger partial charge in [-0.2, -0.15) is 5.26 Å². The topological polar surface area (TPSA) is 62.3 Å². The number of hydrogen-bond donors (Lipinski definition) is 1. The number of anilines is 2. The summed E-state index contributed by atoms with van der Waals surface area (Å²) in [5, 5.41) is 8.81. The normalized spacial score (nSPS) is 23.4. The fourth-order valence-corrected chi connectivity index (χ4v) is 2.35. The maximum absolute atomic E-state index is 8.81. The Morgan fingerprint density at radius 3 is 2.82 bits per heavy atom. The number of benzene rings is 1. The van der Waals surface area contributed by atoms with Crippen LogP contribution in [-0.4, -0.2) is 25.8 Å². The number of nitriles is 1. The Bertz CT molecular complexity index is 452. The first-order valence-electron chi connectivity index (χ1n) is 5.77. The summed E-state index contributed by atoms with van der Waals surface area (Å²) in [4.78, 5) is 2.15. The van der Waals surface area contributed by atoms with Gasteiger partial charge in [0, 0.05) is 13.7 Å². The van der Waals surface area contributed by atoms with Crippen LogP contribution in [0, 0.1) is 11.3 Å². The molecule has 0 spiro atoms. The molecular weight excluding hydrogens is 214 g/mol. The van der Waals surface area contributed by atoms with Crippen LogP contribution in [-0.2, 0) is 4.74 Å². The van der Waals surface area contributed by atoms with Crippen LogP contribution in [0.5, 0.6) is 0 Å². The van der Waals surface area contributed by atoms with Crippen molar-refractivity contribution >= 4 is 11.4 Å². The summed E-state index contributed by atoms with van der Waals surface area (Å²) in [6.45, 7) is 2.88. The molecule has 0 aromatic heterocycles. The largest absolute Gasteiger partial charge is 0.397 e. The van der Waals surface area contributed by atoms with Crippen LogP contribution >= 0.6 is 0 Å². The molecule has 1 aliphatic rings. The first-order chi connectivity index (χ1) is 8.13. The Morgan fingerprint density at radius 1 is 1.53 bits per heavy atom. The fraction of sp³-hybridized carbons (Fsp3) is 0.462. The number of likely N-dealkylation sites (N-methyl/N-ethyl adjacent to an activating group) is 1. The Hall–Kier alpha value is -1.73. The molecule has 1 aromatic carbocycles. The number of nitrogens with zero attached hydrogens (tertiary/aromatic N) is 2. The molecule has 0 amide bonds. The van der Waals surface area contributed by atoms with Gasteiger partial charge >= 0.3 is 0 Å². The molecule has 1 saturated heterocycles. The number of hydrogen-bond acceptors (Lipinski definition) is 4. The van der Waals surface area contributed by atoms with Gasteiger partial charge in [-0.05, 0) is 31.5 Å². The van der Waals surface area contributed by atoms with Crippen molar-refractivity contribution in [3.05, 3.63) is 23.8 Å². The van der Waals surface area contributed by atoms with Gasteiger partial charge in [0.2, 0.25) is 0 Å². The molecule has 1 aliphatic heterocycles. The maximum Gasteiger partial charge on any atom is 0.0992 e. The molecular formula is C13H17N3O. The zero-order chi connectivity index (χ0) is 12.4. The monoisotopic (exact) mass is 231 g/mol. The molecule has 4 heteroatoms. The van der Waals surface area contributed by atoms with Gasteiger partial charge in [0.25, 0.3) is 0 Å². The highest BCUT2D eigenvalue weighted by atomic mass is 16.5. The van der Waals surface area contributed by atoms with Crippen molar-refractivity contribution in [2.75, 3.05) is 24.3 Å². The van der Waals surface area contributed by atoms with Gasteiger partial charge in [-0.1, -0.05) is 0 Å². The molecule has 0 radical (unpaired) electrons. The van der Waals surface area contributed by atoms with Crippen LogP contribution in [0.4, 0.5) is 11.4 Å². The highest BCUT2D eigenvalue weighted by molar-refractivity contribution is 5.69. The molecule has 17 heavy (non-hydrogen) atoms. The SMILES string of the molecule is CC1OCCC1N(C)c1ccc(C#N)cc1N. The first-order valence-corrected chi connectivity index (χ1v) is 5.77. The summed E-state index contributed by atoms with van der Waals surface area (Å²) in [5.41, 5.74) is 8.18. The van der Waals surface area contributed by atoms with Gasteiger partial charge in [0.15, 0.2) is 0 Å². The lowest BCUT2D eigenvalue weighted by atomic mass is 10.1. The second-order valence-corrected chi connectivity index (χ2v) is 4.43. The predicted molar refractivity (Wildman–Crippen MR) is 67.8 cm³/mol. The van der Waals surface area contributed by atoms with E-state index in [4.69, 9.17) is 15.7 Å². The average Bonchev–Trinajstić information content (AvgIpc) is 2.74. The van der Waals surface area contributed by atoms with E-state index in [-0.39, 0.29) is 6.10 Å². The summed E-state index contributed by atoms with van der Waals surface area (Å²) < 4.78 is 5.56. The van der Waals surface area contributed by atoms with Gasteiger partial charge in [0.1, 0.15) is 0 Å². The third-order valence-corrected chi connectivity index (χ3v) is 3.37. The van der Waals surface area contributed by atoms with Crippen LogP contribution in [0.3, 0.4) is 0 Å². The van der Waals surface area contributed by atoms with Crippen LogP contribution in [0.2, 0.25) is 0 Å². The highest BCUT2D eigenvalue weighted by Gasteiger charge is 2.28. The zero-order valence-corrected chi connectivity index (χ0v) is 10.2. The summed E-state index contributed by atoms with van der Waals surface area (Å²) >= 11 is 0. The average molecular weight is 231 g/mol. The molecule has 2 N–H and O–H groups in total. The van der Waals surface area contributed by atoms with Crippen molar-refractivity contribution < 1.29 is 4.74 Å². The Balaban J connectivity index is 2.25. The number of nitrogen functional groups attached to an aromatic ring is 1. The van der Waals surface area contributed by atoms with Crippen LogP contribution in [0.15, 0.2) is 18.2 Å². The number of rotatable bonds is 2. The molecule has 90 valence electrons. The van der Waals surface area contributed by atoms with Crippen molar-refractivity contribution in [3.63, 3.8) is 0 Å². The van der Waals surface area contributed by atoms with Crippen molar-refractivity contribution in [1.82, 2.24) is 0 Å². The van der Waals surface area contributed by atoms with Crippen LogP contribution in [0.1, 0.15) is 18.9 Å². The Morgan fingerprint density at radius 2 is 2.29 bits per heavy atom. The van der Waals surface area contributed by atoms with E-state index in [1.165, 1.54) is 0 Å². The second-order valence-electron chi connectivity index (χ2n) is 4.43. The highest BCUT2D eigenvalue weighted by Crippen LogP contribution is 2.29. The number of nitrogens with two attached hydrogens (primary N) is 1. The quantitative estimate of drug-likeness (QED) is 0.788. The van der Waals surface area contributed by atoms with Gasteiger partial charge in [-0.25, -0.2) is 0 Å². The first kappa shape index (κ1) is 11.7. The van der Waals surface area contributed by atoms with E-state index in [1.54, 1.807) is 12.1 Å². The second kappa shape index (κ2) is 4.64. The van der Waals surface area contributed by atoms with Gasteiger partial charge in [-0.15, -0.1) is 0 Å². The lowest BCUT2D eigenvalue weighted by Gasteiger charge is -2.29. The minimum absolute atomic E-state index is 0.218. The van der Waals surface area contributed by atoms with E-state index in [9.17, 15) is 0 Å². The van der Waals surface area contributed by atoms with Crippen molar-refractivity contribution in [1.29, 1.82) is 5.26 Å². The summed E-state index contributed by atoms with van der Waals surface area (Å²) in [6, 6.07) is 7.85. The maximum atomic E-state index is 8.81. The number of ether oxygens (including phenoxy) is 1. The third-order valence-electron chi connectivity index (χ3n) is 3.37. The lowest BCUT2D eigenvalue weighted by molar-refractivity contribution is 0.118. The van der Waals surface area contributed by atoms with E-state index in [1.807, 2.05) is 13.1 Å². The smallest absolute Gasteiger partial charge is 0.0992 e. The predicted octanol–water partition coefficient (Wildman–Crippen LogP) is 1.75. The molecule has 2 rings (SSSR count). The molecule has 0 saturated carbocycles. The van der Waals surface area contributed by atoms with E-state index < -0.39 is 0 Å². The zero-order valence-electron chi connectivity index (χ0n) is 10.2. The minimum atomic E-state index is 0.218. The van der Waals surface area contributed by atoms with E-state index in [0.29, 0.717) is 17.3 Å². The van der Waals surface area contributed by atoms with E-state index >= 15 is 0 Å². The molecule has 4 nitrogen and oxygen atoms in total. The molecule has 2 atom stereocenters. The molecule has 1 fully saturated rings. The summed E-state index contributed by atoms with van der Waals surface area (Å²) in [7, 11) is 2.02. The van der Waals surface area contributed by atoms with Gasteiger partial charge < -0.3 is 15.4 Å². The molecule has 1 heterocycles. The van der Waals surface area contributed by atoms with Crippen molar-refractivity contribution in [3.8, 4) is 6.07 Å². The Kier molecular flexibility index (Phi) is 3.21. The van der Waals surface area contributed by atoms with Crippen molar-refractivity contribution in [2.45, 2.75) is 25.5 Å². The van der Waals surface area contributed by atoms with Crippen LogP contribution < -0.4 is 10.6 Å². The van der Waals surface area contributed by atoms with Gasteiger partial charge in [0.05, 0.1) is 35.2 Å². The fourth-order valence-electron chi connectivity index (χ4n) is 2.35. The van der Waals surface area contributed by atoms with Crippen molar-refractivity contribution in [2.24, 2.45) is 0 Å². The Labute approximate surface area is 102 Å².